The van der Waals surface area contributed by atoms with E-state index in [0.29, 0.717) is 11.3 Å². The van der Waals surface area contributed by atoms with Crippen LogP contribution in [0.2, 0.25) is 0 Å². The standard InChI is InChI=1S/C20H24N2O4S/c1-15-11-13-22(14-12-15)18-7-5-17(6-8-18)21-27(24,25)19-9-3-16(4-10-19)20(23)26-2/h3-10,15,21H,11-14H2,1-2H3. The lowest BCUT2D eigenvalue weighted by molar-refractivity contribution is 0.0600. The normalized spacial score (nSPS) is 15.4. The van der Waals surface area contributed by atoms with Crippen LogP contribution in [-0.2, 0) is 14.8 Å². The lowest BCUT2D eigenvalue weighted by atomic mass is 9.99. The van der Waals surface area contributed by atoms with E-state index < -0.39 is 16.0 Å². The minimum Gasteiger partial charge on any atom is -0.465 e. The molecule has 1 N–H and O–H groups in total. The Hall–Kier alpha value is -2.54. The van der Waals surface area contributed by atoms with Crippen molar-refractivity contribution in [3.63, 3.8) is 0 Å². The minimum absolute atomic E-state index is 0.0873. The molecule has 2 aromatic carbocycles. The summed E-state index contributed by atoms with van der Waals surface area (Å²) in [6, 6.07) is 13.1. The first-order valence-electron chi connectivity index (χ1n) is 8.95. The Kier molecular flexibility index (Phi) is 5.70. The lowest BCUT2D eigenvalue weighted by Gasteiger charge is -2.32. The Morgan fingerprint density at radius 1 is 1.04 bits per heavy atom. The van der Waals surface area contributed by atoms with E-state index in [-0.39, 0.29) is 4.90 Å². The number of rotatable bonds is 5. The molecule has 0 aliphatic carbocycles. The van der Waals surface area contributed by atoms with Gasteiger partial charge in [0.25, 0.3) is 10.0 Å². The third-order valence-electron chi connectivity index (χ3n) is 4.85. The van der Waals surface area contributed by atoms with Crippen molar-refractivity contribution >= 4 is 27.4 Å². The summed E-state index contributed by atoms with van der Waals surface area (Å²) in [4.78, 5) is 13.9. The van der Waals surface area contributed by atoms with Crippen LogP contribution in [-0.4, -0.2) is 34.6 Å². The molecule has 6 nitrogen and oxygen atoms in total. The zero-order valence-electron chi connectivity index (χ0n) is 15.5. The average Bonchev–Trinajstić information content (AvgIpc) is 2.68. The first kappa shape index (κ1) is 19.2. The number of benzene rings is 2. The maximum absolute atomic E-state index is 12.5. The highest BCUT2D eigenvalue weighted by atomic mass is 32.2. The molecule has 27 heavy (non-hydrogen) atoms. The number of esters is 1. The van der Waals surface area contributed by atoms with Gasteiger partial charge in [-0.25, -0.2) is 13.2 Å². The molecule has 144 valence electrons. The smallest absolute Gasteiger partial charge is 0.337 e. The van der Waals surface area contributed by atoms with Crippen molar-refractivity contribution in [2.24, 2.45) is 5.92 Å². The molecule has 1 aliphatic rings. The molecule has 0 aromatic heterocycles. The van der Waals surface area contributed by atoms with Gasteiger partial charge in [0.2, 0.25) is 0 Å². The summed E-state index contributed by atoms with van der Waals surface area (Å²) in [6.07, 6.45) is 2.35. The summed E-state index contributed by atoms with van der Waals surface area (Å²) in [5.41, 5.74) is 1.91. The van der Waals surface area contributed by atoms with Crippen molar-refractivity contribution in [2.45, 2.75) is 24.7 Å². The van der Waals surface area contributed by atoms with Crippen LogP contribution in [0.3, 0.4) is 0 Å². The Labute approximate surface area is 160 Å². The van der Waals surface area contributed by atoms with Gasteiger partial charge >= 0.3 is 5.97 Å². The van der Waals surface area contributed by atoms with E-state index in [1.165, 1.54) is 44.2 Å². The van der Waals surface area contributed by atoms with Gasteiger partial charge in [0.05, 0.1) is 17.6 Å². The van der Waals surface area contributed by atoms with Crippen LogP contribution in [0.15, 0.2) is 53.4 Å². The summed E-state index contributed by atoms with van der Waals surface area (Å²) in [6.45, 7) is 4.32. The second-order valence-corrected chi connectivity index (χ2v) is 8.52. The van der Waals surface area contributed by atoms with E-state index in [2.05, 4.69) is 21.3 Å². The van der Waals surface area contributed by atoms with Gasteiger partial charge in [-0.15, -0.1) is 0 Å². The molecule has 1 fully saturated rings. The van der Waals surface area contributed by atoms with Crippen LogP contribution < -0.4 is 9.62 Å². The van der Waals surface area contributed by atoms with Gasteiger partial charge in [0.1, 0.15) is 0 Å². The van der Waals surface area contributed by atoms with E-state index in [0.717, 1.165) is 24.7 Å². The number of nitrogens with zero attached hydrogens (tertiary/aromatic N) is 1. The Morgan fingerprint density at radius 3 is 2.19 bits per heavy atom. The third-order valence-corrected chi connectivity index (χ3v) is 6.25. The molecule has 1 saturated heterocycles. The first-order chi connectivity index (χ1) is 12.9. The van der Waals surface area contributed by atoms with Crippen LogP contribution in [0.1, 0.15) is 30.1 Å². The number of hydrogen-bond donors (Lipinski definition) is 1. The Bertz CT molecular complexity index is 885. The maximum Gasteiger partial charge on any atom is 0.337 e. The van der Waals surface area contributed by atoms with Crippen LogP contribution in [0.4, 0.5) is 11.4 Å². The summed E-state index contributed by atoms with van der Waals surface area (Å²) < 4.78 is 32.3. The van der Waals surface area contributed by atoms with Crippen LogP contribution in [0, 0.1) is 5.92 Å². The fourth-order valence-electron chi connectivity index (χ4n) is 3.11. The van der Waals surface area contributed by atoms with Crippen molar-refractivity contribution in [2.75, 3.05) is 29.8 Å². The highest BCUT2D eigenvalue weighted by Crippen LogP contribution is 2.25. The highest BCUT2D eigenvalue weighted by molar-refractivity contribution is 7.92. The number of sulfonamides is 1. The lowest BCUT2D eigenvalue weighted by Crippen LogP contribution is -2.32. The monoisotopic (exact) mass is 388 g/mol. The summed E-state index contributed by atoms with van der Waals surface area (Å²) in [5.74, 6) is 0.257. The van der Waals surface area contributed by atoms with Crippen LogP contribution in [0.5, 0.6) is 0 Å². The van der Waals surface area contributed by atoms with Gasteiger partial charge in [-0.1, -0.05) is 6.92 Å². The van der Waals surface area contributed by atoms with Gasteiger partial charge in [-0.2, -0.15) is 0 Å². The SMILES string of the molecule is COC(=O)c1ccc(S(=O)(=O)Nc2ccc(N3CCC(C)CC3)cc2)cc1. The zero-order valence-corrected chi connectivity index (χ0v) is 16.3. The predicted octanol–water partition coefficient (Wildman–Crippen LogP) is 3.51. The predicted molar refractivity (Wildman–Crippen MR) is 106 cm³/mol. The second-order valence-electron chi connectivity index (χ2n) is 6.84. The summed E-state index contributed by atoms with van der Waals surface area (Å²) in [5, 5.41) is 0. The number of anilines is 2. The molecule has 0 atom stereocenters. The highest BCUT2D eigenvalue weighted by Gasteiger charge is 2.18. The van der Waals surface area contributed by atoms with Crippen molar-refractivity contribution in [3.8, 4) is 0 Å². The van der Waals surface area contributed by atoms with Gasteiger partial charge in [-0.3, -0.25) is 4.72 Å². The number of carbonyl (C=O) groups excluding carboxylic acids is 1. The van der Waals surface area contributed by atoms with Crippen molar-refractivity contribution in [1.29, 1.82) is 0 Å². The fourth-order valence-corrected chi connectivity index (χ4v) is 4.17. The zero-order chi connectivity index (χ0) is 19.4. The van der Waals surface area contributed by atoms with Crippen LogP contribution in [0.25, 0.3) is 0 Å². The molecule has 7 heteroatoms. The number of hydrogen-bond acceptors (Lipinski definition) is 5. The second kappa shape index (κ2) is 8.00. The Balaban J connectivity index is 1.69. The fraction of sp³-hybridized carbons (Fsp3) is 0.350. The molecule has 1 aliphatic heterocycles. The number of ether oxygens (including phenoxy) is 1. The maximum atomic E-state index is 12.5. The van der Waals surface area contributed by atoms with Crippen LogP contribution >= 0.6 is 0 Å². The Morgan fingerprint density at radius 2 is 1.63 bits per heavy atom. The van der Waals surface area contributed by atoms with E-state index in [1.807, 2.05) is 12.1 Å². The molecular weight excluding hydrogens is 364 g/mol. The topological polar surface area (TPSA) is 75.7 Å². The molecule has 3 rings (SSSR count). The van der Waals surface area contributed by atoms with E-state index >= 15 is 0 Å². The summed E-state index contributed by atoms with van der Waals surface area (Å²) >= 11 is 0. The van der Waals surface area contributed by atoms with E-state index in [9.17, 15) is 13.2 Å². The van der Waals surface area contributed by atoms with Crippen molar-refractivity contribution in [1.82, 2.24) is 0 Å². The molecule has 0 radical (unpaired) electrons. The first-order valence-corrected chi connectivity index (χ1v) is 10.4. The molecule has 0 unspecified atom stereocenters. The van der Waals surface area contributed by atoms with Gasteiger partial charge in [-0.05, 0) is 67.3 Å². The number of carbonyl (C=O) groups is 1. The number of nitrogens with one attached hydrogen (secondary N) is 1. The van der Waals surface area contributed by atoms with E-state index in [1.54, 1.807) is 12.1 Å². The molecule has 1 heterocycles. The van der Waals surface area contributed by atoms with Gasteiger partial charge in [0, 0.05) is 24.5 Å². The van der Waals surface area contributed by atoms with E-state index in [4.69, 9.17) is 0 Å². The number of piperidine rings is 1. The van der Waals surface area contributed by atoms with Gasteiger partial charge in [0.15, 0.2) is 0 Å². The quantitative estimate of drug-likeness (QED) is 0.794. The average molecular weight is 388 g/mol. The molecule has 0 spiro atoms. The molecule has 0 saturated carbocycles. The molecular formula is C20H24N2O4S. The molecule has 0 amide bonds. The summed E-state index contributed by atoms with van der Waals surface area (Å²) in [7, 11) is -2.44. The molecule has 2 aromatic rings. The number of methoxy groups -OCH3 is 1. The van der Waals surface area contributed by atoms with Crippen molar-refractivity contribution < 1.29 is 17.9 Å². The van der Waals surface area contributed by atoms with Gasteiger partial charge < -0.3 is 9.64 Å². The van der Waals surface area contributed by atoms with Crippen molar-refractivity contribution in [3.05, 3.63) is 54.1 Å². The third kappa shape index (κ3) is 4.60. The minimum atomic E-state index is -3.72. The largest absolute Gasteiger partial charge is 0.465 e. The molecule has 0 bridgehead atoms.